The summed E-state index contributed by atoms with van der Waals surface area (Å²) in [7, 11) is 0. The van der Waals surface area contributed by atoms with Crippen molar-refractivity contribution in [2.45, 2.75) is 0 Å². The Kier molecular flexibility index (Phi) is 4.00. The van der Waals surface area contributed by atoms with Gasteiger partial charge in [-0.2, -0.15) is 0 Å². The van der Waals surface area contributed by atoms with E-state index in [0.717, 1.165) is 5.56 Å². The summed E-state index contributed by atoms with van der Waals surface area (Å²) in [5.74, 6) is -0.265. The molecule has 0 fully saturated rings. The molecule has 4 nitrogen and oxygen atoms in total. The third-order valence-electron chi connectivity index (χ3n) is 1.70. The van der Waals surface area contributed by atoms with Crippen LogP contribution in [0.3, 0.4) is 0 Å². The van der Waals surface area contributed by atoms with Crippen LogP contribution in [0.15, 0.2) is 30.3 Å². The first-order valence-corrected chi connectivity index (χ1v) is 4.68. The highest BCUT2D eigenvalue weighted by Crippen LogP contribution is 2.12. The molecular formula is C10H8ClNO3. The molecule has 0 radical (unpaired) electrons. The molecule has 0 heterocycles. The summed E-state index contributed by atoms with van der Waals surface area (Å²) in [6.07, 6.45) is 2.91. The SMILES string of the molecule is O=C(/C=C/c1ccc([N+](=O)[O-])cc1)CCl. The number of hydrogen-bond donors (Lipinski definition) is 0. The van der Waals surface area contributed by atoms with Gasteiger partial charge in [-0.1, -0.05) is 6.08 Å². The van der Waals surface area contributed by atoms with Crippen LogP contribution in [0.5, 0.6) is 0 Å². The first kappa shape index (κ1) is 11.4. The average Bonchev–Trinajstić information content (AvgIpc) is 2.26. The van der Waals surface area contributed by atoms with E-state index in [0.29, 0.717) is 0 Å². The molecule has 0 atom stereocenters. The Hall–Kier alpha value is -1.68. The average molecular weight is 226 g/mol. The molecule has 0 saturated carbocycles. The molecule has 0 bridgehead atoms. The monoisotopic (exact) mass is 225 g/mol. The lowest BCUT2D eigenvalue weighted by Crippen LogP contribution is -1.91. The van der Waals surface area contributed by atoms with E-state index < -0.39 is 4.92 Å². The van der Waals surface area contributed by atoms with Crippen molar-refractivity contribution in [2.24, 2.45) is 0 Å². The number of benzene rings is 1. The summed E-state index contributed by atoms with van der Waals surface area (Å²) < 4.78 is 0. The number of ketones is 1. The summed E-state index contributed by atoms with van der Waals surface area (Å²) in [6.45, 7) is 0. The number of carbonyl (C=O) groups excluding carboxylic acids is 1. The minimum Gasteiger partial charge on any atom is -0.294 e. The molecule has 1 aromatic carbocycles. The highest BCUT2D eigenvalue weighted by Gasteiger charge is 2.02. The van der Waals surface area contributed by atoms with Gasteiger partial charge < -0.3 is 0 Å². The summed E-state index contributed by atoms with van der Waals surface area (Å²) in [5.41, 5.74) is 0.745. The van der Waals surface area contributed by atoms with Gasteiger partial charge in [0.15, 0.2) is 5.78 Å². The zero-order chi connectivity index (χ0) is 11.3. The largest absolute Gasteiger partial charge is 0.294 e. The van der Waals surface area contributed by atoms with E-state index in [1.54, 1.807) is 18.2 Å². The van der Waals surface area contributed by atoms with Crippen LogP contribution >= 0.6 is 11.6 Å². The minimum absolute atomic E-state index is 0.0239. The standard InChI is InChI=1S/C10H8ClNO3/c11-7-10(13)6-3-8-1-4-9(5-2-8)12(14)15/h1-6H,7H2/b6-3+. The van der Waals surface area contributed by atoms with Gasteiger partial charge in [-0.15, -0.1) is 11.6 Å². The van der Waals surface area contributed by atoms with E-state index in [-0.39, 0.29) is 17.4 Å². The molecular weight excluding hydrogens is 218 g/mol. The topological polar surface area (TPSA) is 60.2 Å². The maximum Gasteiger partial charge on any atom is 0.269 e. The Morgan fingerprint density at radius 1 is 1.40 bits per heavy atom. The lowest BCUT2D eigenvalue weighted by molar-refractivity contribution is -0.384. The van der Waals surface area contributed by atoms with Gasteiger partial charge in [0, 0.05) is 12.1 Å². The van der Waals surface area contributed by atoms with Crippen molar-refractivity contribution in [3.8, 4) is 0 Å². The van der Waals surface area contributed by atoms with E-state index >= 15 is 0 Å². The van der Waals surface area contributed by atoms with Gasteiger partial charge in [0.2, 0.25) is 0 Å². The van der Waals surface area contributed by atoms with Crippen molar-refractivity contribution in [1.29, 1.82) is 0 Å². The maximum atomic E-state index is 10.8. The predicted octanol–water partition coefficient (Wildman–Crippen LogP) is 2.42. The minimum atomic E-state index is -0.475. The number of halogens is 1. The fraction of sp³-hybridized carbons (Fsp3) is 0.100. The lowest BCUT2D eigenvalue weighted by Gasteiger charge is -1.92. The molecule has 0 N–H and O–H groups in total. The quantitative estimate of drug-likeness (QED) is 0.342. The van der Waals surface area contributed by atoms with Crippen molar-refractivity contribution in [3.63, 3.8) is 0 Å². The van der Waals surface area contributed by atoms with Gasteiger partial charge in [0.25, 0.3) is 5.69 Å². The number of carbonyl (C=O) groups is 1. The van der Waals surface area contributed by atoms with E-state index in [1.807, 2.05) is 0 Å². The Labute approximate surface area is 91.3 Å². The van der Waals surface area contributed by atoms with Gasteiger partial charge in [-0.05, 0) is 23.8 Å². The number of hydrogen-bond acceptors (Lipinski definition) is 3. The molecule has 0 aliphatic carbocycles. The van der Waals surface area contributed by atoms with Crippen LogP contribution < -0.4 is 0 Å². The zero-order valence-electron chi connectivity index (χ0n) is 7.72. The summed E-state index contributed by atoms with van der Waals surface area (Å²) in [4.78, 5) is 20.7. The van der Waals surface area contributed by atoms with Gasteiger partial charge >= 0.3 is 0 Å². The van der Waals surface area contributed by atoms with Crippen LogP contribution in [0.2, 0.25) is 0 Å². The van der Waals surface area contributed by atoms with E-state index in [1.165, 1.54) is 18.2 Å². The molecule has 0 amide bonds. The van der Waals surface area contributed by atoms with Crippen molar-refractivity contribution in [3.05, 3.63) is 46.0 Å². The second-order valence-electron chi connectivity index (χ2n) is 2.78. The lowest BCUT2D eigenvalue weighted by atomic mass is 10.2. The van der Waals surface area contributed by atoms with Crippen LogP contribution in [0, 0.1) is 10.1 Å². The van der Waals surface area contributed by atoms with Crippen molar-refractivity contribution in [1.82, 2.24) is 0 Å². The van der Waals surface area contributed by atoms with Crippen LogP contribution in [0.1, 0.15) is 5.56 Å². The normalized spacial score (nSPS) is 10.5. The van der Waals surface area contributed by atoms with E-state index in [4.69, 9.17) is 11.6 Å². The highest BCUT2D eigenvalue weighted by molar-refractivity contribution is 6.29. The van der Waals surface area contributed by atoms with Crippen molar-refractivity contribution >= 4 is 29.1 Å². The molecule has 5 heteroatoms. The number of alkyl halides is 1. The number of allylic oxidation sites excluding steroid dienone is 1. The Morgan fingerprint density at radius 2 is 2.00 bits per heavy atom. The number of nitro benzene ring substituents is 1. The molecule has 0 saturated heterocycles. The molecule has 0 aliphatic rings. The molecule has 0 aromatic heterocycles. The van der Waals surface area contributed by atoms with Gasteiger partial charge in [0.1, 0.15) is 0 Å². The van der Waals surface area contributed by atoms with Crippen LogP contribution in [-0.2, 0) is 4.79 Å². The molecule has 1 rings (SSSR count). The molecule has 78 valence electrons. The fourth-order valence-electron chi connectivity index (χ4n) is 0.941. The Balaban J connectivity index is 2.77. The molecule has 15 heavy (non-hydrogen) atoms. The summed E-state index contributed by atoms with van der Waals surface area (Å²) >= 11 is 5.29. The van der Waals surface area contributed by atoms with E-state index in [9.17, 15) is 14.9 Å². The summed E-state index contributed by atoms with van der Waals surface area (Å²) in [5, 5.41) is 10.3. The molecule has 0 aliphatic heterocycles. The van der Waals surface area contributed by atoms with Gasteiger partial charge in [-0.3, -0.25) is 14.9 Å². The molecule has 0 unspecified atom stereocenters. The number of nitro groups is 1. The Bertz CT molecular complexity index is 398. The van der Waals surface area contributed by atoms with Gasteiger partial charge in [-0.25, -0.2) is 0 Å². The fourth-order valence-corrected chi connectivity index (χ4v) is 1.03. The number of nitrogens with zero attached hydrogens (tertiary/aromatic N) is 1. The second kappa shape index (κ2) is 5.26. The second-order valence-corrected chi connectivity index (χ2v) is 3.05. The third kappa shape index (κ3) is 3.52. The highest BCUT2D eigenvalue weighted by atomic mass is 35.5. The first-order valence-electron chi connectivity index (χ1n) is 4.15. The summed E-state index contributed by atoms with van der Waals surface area (Å²) in [6, 6.07) is 5.89. The van der Waals surface area contributed by atoms with Crippen LogP contribution in [0.4, 0.5) is 5.69 Å². The van der Waals surface area contributed by atoms with E-state index in [2.05, 4.69) is 0 Å². The Morgan fingerprint density at radius 3 is 2.47 bits per heavy atom. The van der Waals surface area contributed by atoms with Gasteiger partial charge in [0.05, 0.1) is 10.8 Å². The number of non-ortho nitro benzene ring substituents is 1. The van der Waals surface area contributed by atoms with Crippen molar-refractivity contribution in [2.75, 3.05) is 5.88 Å². The third-order valence-corrected chi connectivity index (χ3v) is 1.96. The maximum absolute atomic E-state index is 10.8. The number of rotatable bonds is 4. The van der Waals surface area contributed by atoms with Crippen LogP contribution in [0.25, 0.3) is 6.08 Å². The van der Waals surface area contributed by atoms with Crippen LogP contribution in [-0.4, -0.2) is 16.6 Å². The predicted molar refractivity (Wildman–Crippen MR) is 57.9 cm³/mol. The van der Waals surface area contributed by atoms with Crippen molar-refractivity contribution < 1.29 is 9.72 Å². The first-order chi connectivity index (χ1) is 7.13. The smallest absolute Gasteiger partial charge is 0.269 e. The molecule has 0 spiro atoms. The zero-order valence-corrected chi connectivity index (χ0v) is 8.48. The molecule has 1 aromatic rings.